The molecule has 1 aromatic carbocycles. The van der Waals surface area contributed by atoms with Crippen LogP contribution in [0.1, 0.15) is 23.7 Å². The number of methoxy groups -OCH3 is 2. The van der Waals surface area contributed by atoms with E-state index in [9.17, 15) is 18.0 Å². The van der Waals surface area contributed by atoms with E-state index in [1.54, 1.807) is 6.92 Å². The molecule has 2 N–H and O–H groups in total. The maximum absolute atomic E-state index is 11.9. The van der Waals surface area contributed by atoms with E-state index in [1.165, 1.54) is 26.4 Å². The molecule has 1 rings (SSSR count). The molecular formula is C14H19NO7S. The number of carbonyl (C=O) groups is 2. The molecule has 0 saturated carbocycles. The minimum absolute atomic E-state index is 0.0287. The minimum Gasteiger partial charge on any atom is -0.493 e. The molecule has 8 nitrogen and oxygen atoms in total. The molecule has 1 amide bonds. The van der Waals surface area contributed by atoms with Crippen LogP contribution in [0.2, 0.25) is 0 Å². The summed E-state index contributed by atoms with van der Waals surface area (Å²) in [6.45, 7) is 1.69. The molecule has 0 heterocycles. The van der Waals surface area contributed by atoms with Crippen molar-refractivity contribution in [2.75, 3.05) is 31.0 Å². The van der Waals surface area contributed by atoms with Gasteiger partial charge in [0.2, 0.25) is 5.91 Å². The van der Waals surface area contributed by atoms with Crippen molar-refractivity contribution in [2.45, 2.75) is 13.3 Å². The Hall–Kier alpha value is -2.29. The fourth-order valence-electron chi connectivity index (χ4n) is 1.95. The van der Waals surface area contributed by atoms with Gasteiger partial charge in [-0.05, 0) is 18.6 Å². The van der Waals surface area contributed by atoms with Crippen molar-refractivity contribution in [1.29, 1.82) is 0 Å². The van der Waals surface area contributed by atoms with Crippen molar-refractivity contribution in [3.63, 3.8) is 0 Å². The molecule has 0 aliphatic rings. The number of amides is 1. The number of carboxylic acid groups (broad SMARTS) is 1. The summed E-state index contributed by atoms with van der Waals surface area (Å²) < 4.78 is 33.5. The zero-order valence-electron chi connectivity index (χ0n) is 13.1. The van der Waals surface area contributed by atoms with E-state index in [1.807, 2.05) is 0 Å². The fourth-order valence-corrected chi connectivity index (χ4v) is 3.19. The number of hydrogen-bond donors (Lipinski definition) is 2. The van der Waals surface area contributed by atoms with E-state index in [0.717, 1.165) is 0 Å². The molecule has 0 unspecified atom stereocenters. The van der Waals surface area contributed by atoms with Crippen LogP contribution in [0.15, 0.2) is 12.1 Å². The Morgan fingerprint density at radius 2 is 1.87 bits per heavy atom. The van der Waals surface area contributed by atoms with Crippen LogP contribution in [0, 0.1) is 0 Å². The summed E-state index contributed by atoms with van der Waals surface area (Å²) in [5.41, 5.74) is -0.102. The summed E-state index contributed by atoms with van der Waals surface area (Å²) in [7, 11) is -0.872. The number of ether oxygens (including phenoxy) is 2. The maximum atomic E-state index is 11.9. The van der Waals surface area contributed by atoms with Gasteiger partial charge in [-0.2, -0.15) is 0 Å². The third kappa shape index (κ3) is 5.13. The minimum atomic E-state index is -3.51. The summed E-state index contributed by atoms with van der Waals surface area (Å²) in [4.78, 5) is 23.0. The number of sulfone groups is 1. The van der Waals surface area contributed by atoms with Gasteiger partial charge in [-0.3, -0.25) is 4.79 Å². The molecule has 0 aromatic heterocycles. The normalized spacial score (nSPS) is 10.9. The number of rotatable bonds is 8. The highest BCUT2D eigenvalue weighted by molar-refractivity contribution is 7.92. The first-order valence-corrected chi connectivity index (χ1v) is 8.55. The van der Waals surface area contributed by atoms with Crippen molar-refractivity contribution >= 4 is 27.4 Å². The average Bonchev–Trinajstić information content (AvgIpc) is 2.45. The van der Waals surface area contributed by atoms with Crippen LogP contribution in [0.5, 0.6) is 11.5 Å². The highest BCUT2D eigenvalue weighted by atomic mass is 32.2. The predicted octanol–water partition coefficient (Wildman–Crippen LogP) is 1.17. The first kappa shape index (κ1) is 18.8. The summed E-state index contributed by atoms with van der Waals surface area (Å²) >= 11 is 0. The highest BCUT2D eigenvalue weighted by Gasteiger charge is 2.20. The van der Waals surface area contributed by atoms with E-state index in [2.05, 4.69) is 5.32 Å². The zero-order chi connectivity index (χ0) is 17.6. The number of hydrogen-bond acceptors (Lipinski definition) is 6. The standard InChI is InChI=1S/C14H19NO7S/c1-4-5-23(19,20)8-12(16)15-10-6-9(14(17)18)7-11(21-2)13(10)22-3/h6-7H,4-5,8H2,1-3H3,(H,15,16)(H,17,18). The topological polar surface area (TPSA) is 119 Å². The van der Waals surface area contributed by atoms with Gasteiger partial charge in [-0.15, -0.1) is 0 Å². The molecule has 9 heteroatoms. The second-order valence-electron chi connectivity index (χ2n) is 4.70. The van der Waals surface area contributed by atoms with E-state index < -0.39 is 27.5 Å². The molecule has 0 aliphatic carbocycles. The fraction of sp³-hybridized carbons (Fsp3) is 0.429. The van der Waals surface area contributed by atoms with Gasteiger partial charge in [0.1, 0.15) is 5.75 Å². The molecule has 1 aromatic rings. The largest absolute Gasteiger partial charge is 0.493 e. The van der Waals surface area contributed by atoms with Gasteiger partial charge >= 0.3 is 5.97 Å². The summed E-state index contributed by atoms with van der Waals surface area (Å²) in [6.07, 6.45) is 0.404. The van der Waals surface area contributed by atoms with Gasteiger partial charge in [0.15, 0.2) is 21.3 Å². The van der Waals surface area contributed by atoms with Crippen LogP contribution in [0.4, 0.5) is 5.69 Å². The predicted molar refractivity (Wildman–Crippen MR) is 84.1 cm³/mol. The Labute approximate surface area is 134 Å². The lowest BCUT2D eigenvalue weighted by Gasteiger charge is -2.14. The average molecular weight is 345 g/mol. The number of aromatic carboxylic acids is 1. The molecule has 23 heavy (non-hydrogen) atoms. The van der Waals surface area contributed by atoms with Gasteiger partial charge in [0.25, 0.3) is 0 Å². The highest BCUT2D eigenvalue weighted by Crippen LogP contribution is 2.36. The maximum Gasteiger partial charge on any atom is 0.335 e. The monoisotopic (exact) mass is 345 g/mol. The first-order chi connectivity index (χ1) is 10.7. The van der Waals surface area contributed by atoms with E-state index in [-0.39, 0.29) is 28.5 Å². The van der Waals surface area contributed by atoms with E-state index in [4.69, 9.17) is 14.6 Å². The first-order valence-electron chi connectivity index (χ1n) is 6.73. The van der Waals surface area contributed by atoms with Crippen LogP contribution >= 0.6 is 0 Å². The Bertz CT molecular complexity index is 697. The van der Waals surface area contributed by atoms with Crippen LogP contribution in [-0.4, -0.2) is 51.1 Å². The van der Waals surface area contributed by atoms with Crippen molar-refractivity contribution in [3.05, 3.63) is 17.7 Å². The number of anilines is 1. The lowest BCUT2D eigenvalue weighted by atomic mass is 10.1. The van der Waals surface area contributed by atoms with Crippen LogP contribution in [-0.2, 0) is 14.6 Å². The molecule has 128 valence electrons. The lowest BCUT2D eigenvalue weighted by molar-refractivity contribution is -0.113. The molecule has 0 atom stereocenters. The lowest BCUT2D eigenvalue weighted by Crippen LogP contribution is -2.25. The zero-order valence-corrected chi connectivity index (χ0v) is 13.9. The summed E-state index contributed by atoms with van der Waals surface area (Å²) in [5.74, 6) is -2.57. The number of benzene rings is 1. The van der Waals surface area contributed by atoms with Crippen LogP contribution in [0.25, 0.3) is 0 Å². The van der Waals surface area contributed by atoms with Gasteiger partial charge in [0.05, 0.1) is 31.2 Å². The van der Waals surface area contributed by atoms with Gasteiger partial charge in [-0.25, -0.2) is 13.2 Å². The third-order valence-electron chi connectivity index (χ3n) is 2.87. The second-order valence-corrected chi connectivity index (χ2v) is 6.89. The Morgan fingerprint density at radius 1 is 1.22 bits per heavy atom. The van der Waals surface area contributed by atoms with Crippen molar-refractivity contribution in [3.8, 4) is 11.5 Å². The quantitative estimate of drug-likeness (QED) is 0.725. The SMILES string of the molecule is CCCS(=O)(=O)CC(=O)Nc1cc(C(=O)O)cc(OC)c1OC. The molecule has 0 fully saturated rings. The summed E-state index contributed by atoms with van der Waals surface area (Å²) in [5, 5.41) is 11.4. The molecule has 0 aliphatic heterocycles. The number of carbonyl (C=O) groups excluding carboxylic acids is 1. The van der Waals surface area contributed by atoms with Crippen molar-refractivity contribution in [2.24, 2.45) is 0 Å². The second kappa shape index (κ2) is 7.82. The molecular weight excluding hydrogens is 326 g/mol. The molecule has 0 radical (unpaired) electrons. The third-order valence-corrected chi connectivity index (χ3v) is 4.60. The van der Waals surface area contributed by atoms with E-state index >= 15 is 0 Å². The van der Waals surface area contributed by atoms with Crippen LogP contribution < -0.4 is 14.8 Å². The van der Waals surface area contributed by atoms with Gasteiger partial charge in [0, 0.05) is 0 Å². The smallest absolute Gasteiger partial charge is 0.335 e. The molecule has 0 spiro atoms. The van der Waals surface area contributed by atoms with Gasteiger partial charge < -0.3 is 19.9 Å². The Kier molecular flexibility index (Phi) is 6.38. The molecule has 0 bridgehead atoms. The van der Waals surface area contributed by atoms with Crippen LogP contribution in [0.3, 0.4) is 0 Å². The summed E-state index contributed by atoms with van der Waals surface area (Å²) in [6, 6.07) is 2.42. The Balaban J connectivity index is 3.13. The van der Waals surface area contributed by atoms with Crippen molar-refractivity contribution in [1.82, 2.24) is 0 Å². The van der Waals surface area contributed by atoms with E-state index in [0.29, 0.717) is 6.42 Å². The molecule has 0 saturated heterocycles. The number of nitrogens with one attached hydrogen (secondary N) is 1. The van der Waals surface area contributed by atoms with Gasteiger partial charge in [-0.1, -0.05) is 6.92 Å². The van der Waals surface area contributed by atoms with Crippen molar-refractivity contribution < 1.29 is 32.6 Å². The Morgan fingerprint density at radius 3 is 2.35 bits per heavy atom. The number of carboxylic acids is 1.